The Hall–Kier alpha value is -2.24. The average molecular weight is 398 g/mol. The van der Waals surface area contributed by atoms with E-state index in [-0.39, 0.29) is 12.8 Å². The first-order valence-corrected chi connectivity index (χ1v) is 10.4. The third-order valence-corrected chi connectivity index (χ3v) is 6.00. The Kier molecular flexibility index (Phi) is 5.70. The molecule has 156 valence electrons. The van der Waals surface area contributed by atoms with E-state index in [1.54, 1.807) is 7.11 Å². The fourth-order valence-corrected chi connectivity index (χ4v) is 4.52. The van der Waals surface area contributed by atoms with Crippen molar-refractivity contribution in [2.45, 2.75) is 45.3 Å². The van der Waals surface area contributed by atoms with Gasteiger partial charge in [-0.25, -0.2) is 0 Å². The molecule has 0 unspecified atom stereocenters. The molecule has 2 aliphatic rings. The Bertz CT molecular complexity index is 862. The molecule has 4 rings (SSSR count). The molecular formula is C24H31NO4. The van der Waals surface area contributed by atoms with Gasteiger partial charge < -0.3 is 19.3 Å². The van der Waals surface area contributed by atoms with E-state index < -0.39 is 6.10 Å². The standard InChI is InChI=1S/C24H31NO4/c1-15(2)11-16-5-7-17(8-6-16)20(26)13-19-22-18(9-10-25(19)3)12-21-23(24(22)27-4)29-14-28-21/h5-8,12,15,19-20,26H,9-11,13-14H2,1-4H3/t19-,20+/m0/s1. The number of likely N-dealkylation sites (N-methyl/N-ethyl adjacent to an activating group) is 1. The first-order valence-electron chi connectivity index (χ1n) is 10.4. The summed E-state index contributed by atoms with van der Waals surface area (Å²) >= 11 is 0. The number of fused-ring (bicyclic) bond motifs is 2. The molecule has 0 amide bonds. The molecule has 0 bridgehead atoms. The summed E-state index contributed by atoms with van der Waals surface area (Å²) in [6, 6.07) is 10.5. The maximum Gasteiger partial charge on any atom is 0.231 e. The number of aliphatic hydroxyl groups is 1. The molecule has 2 aliphatic heterocycles. The molecule has 5 heteroatoms. The predicted molar refractivity (Wildman–Crippen MR) is 113 cm³/mol. The van der Waals surface area contributed by atoms with Crippen LogP contribution in [-0.4, -0.2) is 37.5 Å². The average Bonchev–Trinajstić information content (AvgIpc) is 3.16. The quantitative estimate of drug-likeness (QED) is 0.789. The highest BCUT2D eigenvalue weighted by Gasteiger charge is 2.35. The molecule has 0 saturated carbocycles. The predicted octanol–water partition coefficient (Wildman–Crippen LogP) is 4.28. The second kappa shape index (κ2) is 8.25. The minimum absolute atomic E-state index is 0.0496. The Morgan fingerprint density at radius 2 is 1.97 bits per heavy atom. The first kappa shape index (κ1) is 20.0. The topological polar surface area (TPSA) is 51.2 Å². The van der Waals surface area contributed by atoms with E-state index in [1.807, 2.05) is 0 Å². The van der Waals surface area contributed by atoms with Crippen LogP contribution in [0.3, 0.4) is 0 Å². The van der Waals surface area contributed by atoms with Gasteiger partial charge in [0.15, 0.2) is 11.5 Å². The third-order valence-electron chi connectivity index (χ3n) is 6.00. The molecular weight excluding hydrogens is 366 g/mol. The van der Waals surface area contributed by atoms with Gasteiger partial charge >= 0.3 is 0 Å². The van der Waals surface area contributed by atoms with E-state index in [4.69, 9.17) is 14.2 Å². The minimum atomic E-state index is -0.545. The summed E-state index contributed by atoms with van der Waals surface area (Å²) in [5.74, 6) is 2.80. The number of rotatable bonds is 6. The third kappa shape index (κ3) is 3.94. The van der Waals surface area contributed by atoms with Crippen LogP contribution >= 0.6 is 0 Å². The van der Waals surface area contributed by atoms with Gasteiger partial charge in [-0.15, -0.1) is 0 Å². The Labute approximate surface area is 173 Å². The van der Waals surface area contributed by atoms with Crippen LogP contribution in [0.2, 0.25) is 0 Å². The number of ether oxygens (including phenoxy) is 3. The normalized spacial score (nSPS) is 19.3. The summed E-state index contributed by atoms with van der Waals surface area (Å²) in [6.07, 6.45) is 2.04. The maximum atomic E-state index is 11.0. The van der Waals surface area contributed by atoms with Gasteiger partial charge in [0.1, 0.15) is 0 Å². The van der Waals surface area contributed by atoms with Gasteiger partial charge in [0.25, 0.3) is 0 Å². The smallest absolute Gasteiger partial charge is 0.231 e. The zero-order valence-corrected chi connectivity index (χ0v) is 17.8. The Morgan fingerprint density at radius 3 is 2.66 bits per heavy atom. The lowest BCUT2D eigenvalue weighted by molar-refractivity contribution is 0.107. The van der Waals surface area contributed by atoms with Crippen molar-refractivity contribution in [3.05, 3.63) is 52.6 Å². The van der Waals surface area contributed by atoms with Crippen molar-refractivity contribution in [1.82, 2.24) is 4.90 Å². The number of aliphatic hydroxyl groups excluding tert-OH is 1. The number of hydrogen-bond donors (Lipinski definition) is 1. The summed E-state index contributed by atoms with van der Waals surface area (Å²) < 4.78 is 17.0. The second-order valence-corrected chi connectivity index (χ2v) is 8.55. The summed E-state index contributed by atoms with van der Waals surface area (Å²) in [5, 5.41) is 11.0. The largest absolute Gasteiger partial charge is 0.492 e. The van der Waals surface area contributed by atoms with Crippen LogP contribution in [0, 0.1) is 5.92 Å². The molecule has 2 aromatic carbocycles. The van der Waals surface area contributed by atoms with Gasteiger partial charge in [0, 0.05) is 18.2 Å². The monoisotopic (exact) mass is 397 g/mol. The van der Waals surface area contributed by atoms with Crippen molar-refractivity contribution in [1.29, 1.82) is 0 Å². The van der Waals surface area contributed by atoms with Gasteiger partial charge in [0.05, 0.1) is 13.2 Å². The summed E-state index contributed by atoms with van der Waals surface area (Å²) in [7, 11) is 3.78. The highest BCUT2D eigenvalue weighted by molar-refractivity contribution is 5.61. The molecule has 5 nitrogen and oxygen atoms in total. The number of methoxy groups -OCH3 is 1. The molecule has 0 saturated heterocycles. The molecule has 0 aromatic heterocycles. The van der Waals surface area contributed by atoms with Crippen LogP contribution in [0.15, 0.2) is 30.3 Å². The van der Waals surface area contributed by atoms with Crippen LogP contribution in [0.25, 0.3) is 0 Å². The fraction of sp³-hybridized carbons (Fsp3) is 0.500. The molecule has 0 aliphatic carbocycles. The van der Waals surface area contributed by atoms with Crippen LogP contribution in [0.4, 0.5) is 0 Å². The maximum absolute atomic E-state index is 11.0. The molecule has 2 heterocycles. The van der Waals surface area contributed by atoms with Gasteiger partial charge in [-0.1, -0.05) is 38.1 Å². The SMILES string of the molecule is COc1c2c(cc3c1[C@H](C[C@@H](O)c1ccc(CC(C)C)cc1)N(C)CC3)OCO2. The zero-order valence-electron chi connectivity index (χ0n) is 17.8. The highest BCUT2D eigenvalue weighted by atomic mass is 16.7. The van der Waals surface area contributed by atoms with Crippen LogP contribution in [-0.2, 0) is 12.8 Å². The number of hydrogen-bond acceptors (Lipinski definition) is 5. The minimum Gasteiger partial charge on any atom is -0.492 e. The second-order valence-electron chi connectivity index (χ2n) is 8.55. The van der Waals surface area contributed by atoms with Gasteiger partial charge in [-0.05, 0) is 55.0 Å². The van der Waals surface area contributed by atoms with Gasteiger partial charge in [-0.3, -0.25) is 4.90 Å². The van der Waals surface area contributed by atoms with Crippen molar-refractivity contribution in [2.75, 3.05) is 27.5 Å². The van der Waals surface area contributed by atoms with E-state index in [0.29, 0.717) is 18.1 Å². The van der Waals surface area contributed by atoms with Crippen LogP contribution in [0.5, 0.6) is 17.2 Å². The molecule has 0 radical (unpaired) electrons. The molecule has 1 N–H and O–H groups in total. The van der Waals surface area contributed by atoms with E-state index in [0.717, 1.165) is 42.0 Å². The van der Waals surface area contributed by atoms with Crippen LogP contribution in [0.1, 0.15) is 54.7 Å². The summed E-state index contributed by atoms with van der Waals surface area (Å²) in [6.45, 7) is 5.59. The molecule has 2 atom stereocenters. The summed E-state index contributed by atoms with van der Waals surface area (Å²) in [5.41, 5.74) is 4.60. The lowest BCUT2D eigenvalue weighted by Crippen LogP contribution is -2.33. The van der Waals surface area contributed by atoms with Crippen molar-refractivity contribution < 1.29 is 19.3 Å². The van der Waals surface area contributed by atoms with Crippen molar-refractivity contribution in [3.63, 3.8) is 0 Å². The summed E-state index contributed by atoms with van der Waals surface area (Å²) in [4.78, 5) is 2.30. The lowest BCUT2D eigenvalue weighted by atomic mass is 9.87. The van der Waals surface area contributed by atoms with E-state index >= 15 is 0 Å². The van der Waals surface area contributed by atoms with E-state index in [9.17, 15) is 5.11 Å². The molecule has 29 heavy (non-hydrogen) atoms. The van der Waals surface area contributed by atoms with E-state index in [2.05, 4.69) is 56.1 Å². The van der Waals surface area contributed by atoms with Crippen molar-refractivity contribution in [2.24, 2.45) is 5.92 Å². The number of benzene rings is 2. The zero-order chi connectivity index (χ0) is 20.5. The highest BCUT2D eigenvalue weighted by Crippen LogP contribution is 2.50. The Morgan fingerprint density at radius 1 is 1.21 bits per heavy atom. The van der Waals surface area contributed by atoms with Crippen molar-refractivity contribution >= 4 is 0 Å². The van der Waals surface area contributed by atoms with Crippen molar-refractivity contribution in [3.8, 4) is 17.2 Å². The van der Waals surface area contributed by atoms with Gasteiger partial charge in [0.2, 0.25) is 12.5 Å². The Balaban J connectivity index is 1.61. The van der Waals surface area contributed by atoms with Crippen LogP contribution < -0.4 is 14.2 Å². The lowest BCUT2D eigenvalue weighted by Gasteiger charge is -2.37. The fourth-order valence-electron chi connectivity index (χ4n) is 4.52. The van der Waals surface area contributed by atoms with Gasteiger partial charge in [-0.2, -0.15) is 0 Å². The molecule has 0 spiro atoms. The first-order chi connectivity index (χ1) is 14.0. The molecule has 0 fully saturated rings. The van der Waals surface area contributed by atoms with E-state index in [1.165, 1.54) is 11.1 Å². The number of nitrogens with zero attached hydrogens (tertiary/aromatic N) is 1. The molecule has 2 aromatic rings.